The fraction of sp³-hybridized carbons (Fsp3) is 0.273. The summed E-state index contributed by atoms with van der Waals surface area (Å²) in [5.41, 5.74) is 2.30. The second kappa shape index (κ2) is 9.23. The Labute approximate surface area is 178 Å². The minimum Gasteiger partial charge on any atom is -0.497 e. The van der Waals surface area contributed by atoms with Crippen LogP contribution in [0, 0.1) is 5.82 Å². The van der Waals surface area contributed by atoms with Crippen LogP contribution in [-0.2, 0) is 6.54 Å². The van der Waals surface area contributed by atoms with Gasteiger partial charge in [0, 0.05) is 43.7 Å². The lowest BCUT2D eigenvalue weighted by Crippen LogP contribution is -2.49. The molecule has 2 amide bonds. The van der Waals surface area contributed by atoms with E-state index in [-0.39, 0.29) is 11.7 Å². The number of halogens is 1. The van der Waals surface area contributed by atoms with Gasteiger partial charge in [0.2, 0.25) is 0 Å². The molecule has 1 fully saturated rings. The van der Waals surface area contributed by atoms with E-state index in [0.29, 0.717) is 13.1 Å². The molecule has 0 saturated carbocycles. The Kier molecular flexibility index (Phi) is 6.25. The number of methoxy groups -OCH3 is 1. The summed E-state index contributed by atoms with van der Waals surface area (Å²) in [7, 11) is 1.65. The number of carbonyl (C=O) groups is 1. The highest BCUT2D eigenvalue weighted by atomic mass is 32.1. The summed E-state index contributed by atoms with van der Waals surface area (Å²) in [5, 5.41) is 5.71. The summed E-state index contributed by atoms with van der Waals surface area (Å²) in [6.07, 6.45) is 0. The zero-order chi connectivity index (χ0) is 20.9. The first-order chi connectivity index (χ1) is 14.6. The van der Waals surface area contributed by atoms with Gasteiger partial charge in [-0.2, -0.15) is 0 Å². The summed E-state index contributed by atoms with van der Waals surface area (Å²) in [6.45, 7) is 3.43. The molecule has 2 heterocycles. The predicted octanol–water partition coefficient (Wildman–Crippen LogP) is 4.31. The van der Waals surface area contributed by atoms with Gasteiger partial charge in [-0.25, -0.2) is 14.2 Å². The Hall–Kier alpha value is -2.97. The van der Waals surface area contributed by atoms with Crippen LogP contribution < -0.4 is 10.1 Å². The molecule has 2 aromatic carbocycles. The lowest BCUT2D eigenvalue weighted by atomic mass is 10.2. The first-order valence-electron chi connectivity index (χ1n) is 9.74. The summed E-state index contributed by atoms with van der Waals surface area (Å²) in [4.78, 5) is 21.1. The maximum Gasteiger partial charge on any atom is 0.322 e. The van der Waals surface area contributed by atoms with E-state index in [1.54, 1.807) is 41.5 Å². The van der Waals surface area contributed by atoms with E-state index in [0.717, 1.165) is 41.6 Å². The summed E-state index contributed by atoms with van der Waals surface area (Å²) in [6, 6.07) is 13.8. The Morgan fingerprint density at radius 2 is 1.87 bits per heavy atom. The van der Waals surface area contributed by atoms with Crippen molar-refractivity contribution in [1.29, 1.82) is 0 Å². The van der Waals surface area contributed by atoms with Gasteiger partial charge in [0.05, 0.1) is 18.5 Å². The smallest absolute Gasteiger partial charge is 0.322 e. The van der Waals surface area contributed by atoms with Crippen LogP contribution in [0.4, 0.5) is 14.9 Å². The van der Waals surface area contributed by atoms with Crippen LogP contribution in [-0.4, -0.2) is 54.1 Å². The van der Waals surface area contributed by atoms with Gasteiger partial charge in [0.25, 0.3) is 0 Å². The number of anilines is 1. The van der Waals surface area contributed by atoms with Gasteiger partial charge in [-0.1, -0.05) is 12.1 Å². The molecule has 0 atom stereocenters. The van der Waals surface area contributed by atoms with E-state index in [4.69, 9.17) is 9.72 Å². The van der Waals surface area contributed by atoms with E-state index >= 15 is 0 Å². The number of urea groups is 1. The molecule has 1 aromatic heterocycles. The van der Waals surface area contributed by atoms with Crippen molar-refractivity contribution >= 4 is 23.1 Å². The number of thiazole rings is 1. The van der Waals surface area contributed by atoms with Crippen LogP contribution in [0.1, 0.15) is 5.69 Å². The number of para-hydroxylation sites is 1. The van der Waals surface area contributed by atoms with Crippen molar-refractivity contribution in [2.24, 2.45) is 0 Å². The molecular weight excluding hydrogens is 403 g/mol. The van der Waals surface area contributed by atoms with Gasteiger partial charge in [-0.05, 0) is 36.4 Å². The van der Waals surface area contributed by atoms with Gasteiger partial charge < -0.3 is 15.0 Å². The topological polar surface area (TPSA) is 57.7 Å². The minimum absolute atomic E-state index is 0.207. The van der Waals surface area contributed by atoms with E-state index < -0.39 is 5.82 Å². The third-order valence-corrected chi connectivity index (χ3v) is 5.99. The lowest BCUT2D eigenvalue weighted by molar-refractivity contribution is 0.142. The number of amides is 2. The van der Waals surface area contributed by atoms with Crippen molar-refractivity contribution in [3.8, 4) is 16.3 Å². The van der Waals surface area contributed by atoms with Crippen molar-refractivity contribution in [2.45, 2.75) is 6.54 Å². The van der Waals surface area contributed by atoms with Gasteiger partial charge in [0.15, 0.2) is 0 Å². The highest BCUT2D eigenvalue weighted by Crippen LogP contribution is 2.26. The molecule has 6 nitrogen and oxygen atoms in total. The van der Waals surface area contributed by atoms with Crippen LogP contribution in [0.2, 0.25) is 0 Å². The molecular formula is C22H23FN4O2S. The van der Waals surface area contributed by atoms with Crippen LogP contribution >= 0.6 is 11.3 Å². The van der Waals surface area contributed by atoms with Crippen LogP contribution in [0.25, 0.3) is 10.6 Å². The molecule has 156 valence electrons. The van der Waals surface area contributed by atoms with Crippen molar-refractivity contribution in [2.75, 3.05) is 38.6 Å². The summed E-state index contributed by atoms with van der Waals surface area (Å²) in [5.74, 6) is 0.396. The maximum atomic E-state index is 13.7. The van der Waals surface area contributed by atoms with E-state index in [1.807, 2.05) is 24.3 Å². The van der Waals surface area contributed by atoms with Crippen molar-refractivity contribution in [3.63, 3.8) is 0 Å². The largest absolute Gasteiger partial charge is 0.497 e. The number of rotatable bonds is 5. The maximum absolute atomic E-state index is 13.7. The summed E-state index contributed by atoms with van der Waals surface area (Å²) >= 11 is 1.62. The monoisotopic (exact) mass is 426 g/mol. The van der Waals surface area contributed by atoms with Gasteiger partial charge >= 0.3 is 6.03 Å². The molecule has 1 aliphatic heterocycles. The van der Waals surface area contributed by atoms with Gasteiger partial charge in [-0.15, -0.1) is 11.3 Å². The molecule has 1 saturated heterocycles. The van der Waals surface area contributed by atoms with E-state index in [9.17, 15) is 9.18 Å². The van der Waals surface area contributed by atoms with Crippen molar-refractivity contribution in [3.05, 3.63) is 65.4 Å². The minimum atomic E-state index is -0.430. The first-order valence-corrected chi connectivity index (χ1v) is 10.6. The standard InChI is InChI=1S/C22H23FN4O2S/c1-29-18-8-6-16(7-9-18)21-24-17(15-30-21)14-26-10-12-27(13-11-26)22(28)25-20-5-3-2-4-19(20)23/h2-9,15H,10-14H2,1H3,(H,25,28). The fourth-order valence-electron chi connectivity index (χ4n) is 3.34. The molecule has 4 rings (SSSR count). The van der Waals surface area contributed by atoms with E-state index in [1.165, 1.54) is 6.07 Å². The highest BCUT2D eigenvalue weighted by Gasteiger charge is 2.22. The number of aromatic nitrogens is 1. The molecule has 8 heteroatoms. The lowest BCUT2D eigenvalue weighted by Gasteiger charge is -2.34. The molecule has 0 bridgehead atoms. The number of nitrogens with zero attached hydrogens (tertiary/aromatic N) is 3. The fourth-order valence-corrected chi connectivity index (χ4v) is 4.16. The van der Waals surface area contributed by atoms with Gasteiger partial charge in [-0.3, -0.25) is 4.90 Å². The Balaban J connectivity index is 1.29. The zero-order valence-corrected chi connectivity index (χ0v) is 17.5. The second-order valence-electron chi connectivity index (χ2n) is 7.05. The van der Waals surface area contributed by atoms with Crippen molar-refractivity contribution < 1.29 is 13.9 Å². The Morgan fingerprint density at radius 3 is 2.57 bits per heavy atom. The second-order valence-corrected chi connectivity index (χ2v) is 7.90. The molecule has 0 spiro atoms. The number of hydrogen-bond donors (Lipinski definition) is 1. The SMILES string of the molecule is COc1ccc(-c2nc(CN3CCN(C(=O)Nc4ccccc4F)CC3)cs2)cc1. The zero-order valence-electron chi connectivity index (χ0n) is 16.7. The summed E-state index contributed by atoms with van der Waals surface area (Å²) < 4.78 is 18.9. The average Bonchev–Trinajstić information content (AvgIpc) is 3.24. The number of benzene rings is 2. The normalized spacial score (nSPS) is 14.5. The third-order valence-electron chi connectivity index (χ3n) is 5.05. The molecule has 0 aliphatic carbocycles. The Bertz CT molecular complexity index is 1000. The molecule has 0 unspecified atom stereocenters. The number of nitrogens with one attached hydrogen (secondary N) is 1. The van der Waals surface area contributed by atoms with Crippen molar-refractivity contribution in [1.82, 2.24) is 14.8 Å². The molecule has 0 radical (unpaired) electrons. The molecule has 3 aromatic rings. The average molecular weight is 427 g/mol. The van der Waals surface area contributed by atoms with Gasteiger partial charge in [0.1, 0.15) is 16.6 Å². The van der Waals surface area contributed by atoms with Crippen LogP contribution in [0.5, 0.6) is 5.75 Å². The first kappa shape index (κ1) is 20.3. The third kappa shape index (κ3) is 4.77. The highest BCUT2D eigenvalue weighted by molar-refractivity contribution is 7.13. The number of hydrogen-bond acceptors (Lipinski definition) is 5. The predicted molar refractivity (Wildman–Crippen MR) is 116 cm³/mol. The molecule has 1 aliphatic rings. The quantitative estimate of drug-likeness (QED) is 0.661. The molecule has 1 N–H and O–H groups in total. The number of carbonyl (C=O) groups excluding carboxylic acids is 1. The number of ether oxygens (including phenoxy) is 1. The van der Waals surface area contributed by atoms with Crippen LogP contribution in [0.3, 0.4) is 0 Å². The number of piperazine rings is 1. The molecule has 30 heavy (non-hydrogen) atoms. The van der Waals surface area contributed by atoms with E-state index in [2.05, 4.69) is 15.6 Å². The van der Waals surface area contributed by atoms with Crippen LogP contribution in [0.15, 0.2) is 53.9 Å². The Morgan fingerprint density at radius 1 is 1.13 bits per heavy atom.